The van der Waals surface area contributed by atoms with Crippen LogP contribution in [0, 0.1) is 0 Å². The third kappa shape index (κ3) is 5.95. The summed E-state index contributed by atoms with van der Waals surface area (Å²) in [5.41, 5.74) is 0.888. The average molecular weight is 391 g/mol. The Morgan fingerprint density at radius 2 is 1.89 bits per heavy atom. The Kier molecular flexibility index (Phi) is 8.25. The minimum Gasteiger partial charge on any atom is -0.497 e. The number of benzene rings is 1. The molecule has 0 aliphatic carbocycles. The van der Waals surface area contributed by atoms with Crippen LogP contribution >= 0.6 is 0 Å². The number of methoxy groups -OCH3 is 3. The van der Waals surface area contributed by atoms with Gasteiger partial charge in [0, 0.05) is 38.1 Å². The third-order valence-corrected chi connectivity index (χ3v) is 4.37. The van der Waals surface area contributed by atoms with Crippen molar-refractivity contribution in [3.63, 3.8) is 0 Å². The highest BCUT2D eigenvalue weighted by Crippen LogP contribution is 2.26. The van der Waals surface area contributed by atoms with Crippen molar-refractivity contribution in [3.05, 3.63) is 35.5 Å². The number of nitrogens with zero attached hydrogens (tertiary/aromatic N) is 3. The molecule has 0 spiro atoms. The second kappa shape index (κ2) is 10.7. The molecule has 2 aromatic rings. The molecule has 0 aliphatic heterocycles. The Balaban J connectivity index is 1.98. The Labute approximate surface area is 165 Å². The Morgan fingerprint density at radius 1 is 1.14 bits per heavy atom. The SMILES string of the molecule is COCCN(C(=O)CCc1nnc(Cc2cc(OC)ccc2OC)o1)C(C)C. The first-order chi connectivity index (χ1) is 13.5. The van der Waals surface area contributed by atoms with Gasteiger partial charge in [-0.3, -0.25) is 4.79 Å². The van der Waals surface area contributed by atoms with Crippen LogP contribution in [0.3, 0.4) is 0 Å². The zero-order chi connectivity index (χ0) is 20.5. The molecule has 1 heterocycles. The molecule has 154 valence electrons. The topological polar surface area (TPSA) is 86.9 Å². The number of hydrogen-bond acceptors (Lipinski definition) is 7. The first kappa shape index (κ1) is 21.7. The summed E-state index contributed by atoms with van der Waals surface area (Å²) in [5.74, 6) is 2.41. The number of rotatable bonds is 11. The van der Waals surface area contributed by atoms with Crippen LogP contribution in [-0.2, 0) is 22.4 Å². The molecular weight excluding hydrogens is 362 g/mol. The molecule has 0 N–H and O–H groups in total. The minimum atomic E-state index is 0.0428. The van der Waals surface area contributed by atoms with E-state index in [0.717, 1.165) is 17.1 Å². The Hall–Kier alpha value is -2.61. The van der Waals surface area contributed by atoms with Gasteiger partial charge in [0.1, 0.15) is 11.5 Å². The van der Waals surface area contributed by atoms with Crippen molar-refractivity contribution in [2.24, 2.45) is 0 Å². The molecule has 0 unspecified atom stereocenters. The van der Waals surface area contributed by atoms with E-state index in [0.29, 0.717) is 44.2 Å². The van der Waals surface area contributed by atoms with Crippen molar-refractivity contribution in [3.8, 4) is 11.5 Å². The number of ether oxygens (including phenoxy) is 3. The molecule has 1 amide bonds. The Bertz CT molecular complexity index is 760. The fourth-order valence-corrected chi connectivity index (χ4v) is 2.86. The smallest absolute Gasteiger partial charge is 0.223 e. The van der Waals surface area contributed by atoms with Gasteiger partial charge in [-0.25, -0.2) is 0 Å². The second-order valence-corrected chi connectivity index (χ2v) is 6.62. The van der Waals surface area contributed by atoms with Gasteiger partial charge in [0.2, 0.25) is 17.7 Å². The quantitative estimate of drug-likeness (QED) is 0.581. The van der Waals surface area contributed by atoms with E-state index in [4.69, 9.17) is 18.6 Å². The predicted octanol–water partition coefficient (Wildman–Crippen LogP) is 2.49. The van der Waals surface area contributed by atoms with Crippen molar-refractivity contribution >= 4 is 5.91 Å². The summed E-state index contributed by atoms with van der Waals surface area (Å²) in [6.45, 7) is 5.05. The third-order valence-electron chi connectivity index (χ3n) is 4.37. The van der Waals surface area contributed by atoms with Gasteiger partial charge >= 0.3 is 0 Å². The number of carbonyl (C=O) groups is 1. The first-order valence-corrected chi connectivity index (χ1v) is 9.29. The van der Waals surface area contributed by atoms with Gasteiger partial charge in [-0.1, -0.05) is 0 Å². The van der Waals surface area contributed by atoms with E-state index < -0.39 is 0 Å². The highest BCUT2D eigenvalue weighted by atomic mass is 16.5. The molecule has 0 atom stereocenters. The average Bonchev–Trinajstić information content (AvgIpc) is 3.13. The van der Waals surface area contributed by atoms with Gasteiger partial charge in [0.25, 0.3) is 0 Å². The molecule has 8 heteroatoms. The van der Waals surface area contributed by atoms with Gasteiger partial charge in [-0.15, -0.1) is 10.2 Å². The summed E-state index contributed by atoms with van der Waals surface area (Å²) in [4.78, 5) is 14.3. The van der Waals surface area contributed by atoms with Crippen LogP contribution in [-0.4, -0.2) is 61.5 Å². The van der Waals surface area contributed by atoms with E-state index in [-0.39, 0.29) is 11.9 Å². The lowest BCUT2D eigenvalue weighted by atomic mass is 10.1. The van der Waals surface area contributed by atoms with Gasteiger partial charge in [-0.2, -0.15) is 0 Å². The summed E-state index contributed by atoms with van der Waals surface area (Å²) in [6.07, 6.45) is 1.14. The van der Waals surface area contributed by atoms with Crippen molar-refractivity contribution in [2.45, 2.75) is 39.2 Å². The number of hydrogen-bond donors (Lipinski definition) is 0. The largest absolute Gasteiger partial charge is 0.497 e. The van der Waals surface area contributed by atoms with Crippen LogP contribution in [0.25, 0.3) is 0 Å². The highest BCUT2D eigenvalue weighted by molar-refractivity contribution is 5.76. The van der Waals surface area contributed by atoms with Crippen LogP contribution in [0.2, 0.25) is 0 Å². The molecule has 2 rings (SSSR count). The lowest BCUT2D eigenvalue weighted by molar-refractivity contribution is -0.133. The minimum absolute atomic E-state index is 0.0428. The lowest BCUT2D eigenvalue weighted by Crippen LogP contribution is -2.39. The molecule has 0 bridgehead atoms. The maximum absolute atomic E-state index is 12.5. The van der Waals surface area contributed by atoms with Crippen LogP contribution in [0.15, 0.2) is 22.6 Å². The number of aromatic nitrogens is 2. The number of aryl methyl sites for hydroxylation is 1. The summed E-state index contributed by atoms with van der Waals surface area (Å²) < 4.78 is 21.4. The van der Waals surface area contributed by atoms with Crippen molar-refractivity contribution in [2.75, 3.05) is 34.5 Å². The molecule has 0 saturated carbocycles. The molecule has 0 aliphatic rings. The summed E-state index contributed by atoms with van der Waals surface area (Å²) in [6, 6.07) is 5.66. The highest BCUT2D eigenvalue weighted by Gasteiger charge is 2.18. The van der Waals surface area contributed by atoms with Crippen molar-refractivity contribution in [1.29, 1.82) is 0 Å². The van der Waals surface area contributed by atoms with Crippen LogP contribution in [0.4, 0.5) is 0 Å². The van der Waals surface area contributed by atoms with Gasteiger partial charge in [0.15, 0.2) is 0 Å². The van der Waals surface area contributed by atoms with Crippen LogP contribution in [0.1, 0.15) is 37.6 Å². The maximum atomic E-state index is 12.5. The normalized spacial score (nSPS) is 10.9. The molecule has 1 aromatic heterocycles. The standard InChI is InChI=1S/C20H29N3O5/c1-14(2)23(10-11-25-3)20(24)9-8-18-21-22-19(28-18)13-15-12-16(26-4)6-7-17(15)27-5/h6-7,12,14H,8-11,13H2,1-5H3. The number of amides is 1. The van der Waals surface area contributed by atoms with Crippen molar-refractivity contribution in [1.82, 2.24) is 15.1 Å². The molecule has 0 saturated heterocycles. The fraction of sp³-hybridized carbons (Fsp3) is 0.550. The maximum Gasteiger partial charge on any atom is 0.223 e. The van der Waals surface area contributed by atoms with Gasteiger partial charge in [-0.05, 0) is 32.0 Å². The van der Waals surface area contributed by atoms with E-state index in [1.807, 2.05) is 32.0 Å². The van der Waals surface area contributed by atoms with Gasteiger partial charge < -0.3 is 23.5 Å². The molecule has 1 aromatic carbocycles. The van der Waals surface area contributed by atoms with Gasteiger partial charge in [0.05, 0.1) is 27.2 Å². The fourth-order valence-electron chi connectivity index (χ4n) is 2.86. The summed E-state index contributed by atoms with van der Waals surface area (Å²) >= 11 is 0. The summed E-state index contributed by atoms with van der Waals surface area (Å²) in [7, 11) is 4.85. The molecule has 0 radical (unpaired) electrons. The summed E-state index contributed by atoms with van der Waals surface area (Å²) in [5, 5.41) is 8.16. The molecule has 28 heavy (non-hydrogen) atoms. The first-order valence-electron chi connectivity index (χ1n) is 9.29. The van der Waals surface area contributed by atoms with Crippen molar-refractivity contribution < 1.29 is 23.4 Å². The Morgan fingerprint density at radius 3 is 2.54 bits per heavy atom. The molecule has 8 nitrogen and oxygen atoms in total. The molecule has 0 fully saturated rings. The van der Waals surface area contributed by atoms with E-state index in [1.54, 1.807) is 26.2 Å². The van der Waals surface area contributed by atoms with E-state index in [1.165, 1.54) is 0 Å². The monoisotopic (exact) mass is 391 g/mol. The lowest BCUT2D eigenvalue weighted by Gasteiger charge is -2.26. The predicted molar refractivity (Wildman–Crippen MR) is 104 cm³/mol. The molecular formula is C20H29N3O5. The second-order valence-electron chi connectivity index (χ2n) is 6.62. The zero-order valence-corrected chi connectivity index (χ0v) is 17.2. The van der Waals surface area contributed by atoms with E-state index >= 15 is 0 Å². The van der Waals surface area contributed by atoms with Crippen LogP contribution in [0.5, 0.6) is 11.5 Å². The zero-order valence-electron chi connectivity index (χ0n) is 17.2. The van der Waals surface area contributed by atoms with Crippen LogP contribution < -0.4 is 9.47 Å². The van der Waals surface area contributed by atoms with E-state index in [2.05, 4.69) is 10.2 Å². The number of carbonyl (C=O) groups excluding carboxylic acids is 1. The van der Waals surface area contributed by atoms with E-state index in [9.17, 15) is 4.79 Å².